The van der Waals surface area contributed by atoms with E-state index in [1.165, 1.54) is 12.1 Å². The lowest BCUT2D eigenvalue weighted by molar-refractivity contribution is 0.136. The largest absolute Gasteiger partial charge is 0.449 e. The van der Waals surface area contributed by atoms with Crippen molar-refractivity contribution in [3.63, 3.8) is 0 Å². The Hall–Kier alpha value is -1.82. The zero-order valence-electron chi connectivity index (χ0n) is 11.6. The molecule has 1 amide bonds. The molecule has 1 atom stereocenters. The average Bonchev–Trinajstić information content (AvgIpc) is 2.37. The number of ether oxygens (including phenoxy) is 1. The van der Waals surface area contributed by atoms with Crippen LogP contribution in [0.1, 0.15) is 18.9 Å². The van der Waals surface area contributed by atoms with Crippen LogP contribution in [-0.4, -0.2) is 21.1 Å². The Labute approximate surface area is 119 Å². The van der Waals surface area contributed by atoms with Crippen LogP contribution in [0.15, 0.2) is 41.8 Å². The molecule has 110 valence electrons. The molecule has 0 radical (unpaired) electrons. The Bertz CT molecular complexity index is 563. The van der Waals surface area contributed by atoms with Crippen molar-refractivity contribution in [1.29, 1.82) is 0 Å². The van der Waals surface area contributed by atoms with Crippen LogP contribution in [0.5, 0.6) is 0 Å². The van der Waals surface area contributed by atoms with Crippen LogP contribution >= 0.6 is 0 Å². The molecule has 0 fully saturated rings. The first kappa shape index (κ1) is 16.2. The molecule has 0 aromatic heterocycles. The lowest BCUT2D eigenvalue weighted by atomic mass is 10.1. The van der Waals surface area contributed by atoms with Gasteiger partial charge in [-0.2, -0.15) is 0 Å². The van der Waals surface area contributed by atoms with E-state index in [2.05, 4.69) is 6.58 Å². The van der Waals surface area contributed by atoms with Gasteiger partial charge >= 0.3 is 6.09 Å². The molecule has 5 nitrogen and oxygen atoms in total. The summed E-state index contributed by atoms with van der Waals surface area (Å²) in [6.07, 6.45) is 1.44. The van der Waals surface area contributed by atoms with E-state index in [-0.39, 0.29) is 17.4 Å². The fourth-order valence-electron chi connectivity index (χ4n) is 1.49. The van der Waals surface area contributed by atoms with Crippen LogP contribution in [0, 0.1) is 12.8 Å². The van der Waals surface area contributed by atoms with Crippen molar-refractivity contribution in [2.24, 2.45) is 5.92 Å². The molecule has 0 aliphatic heterocycles. The summed E-state index contributed by atoms with van der Waals surface area (Å²) in [6, 6.07) is 6.19. The predicted molar refractivity (Wildman–Crippen MR) is 76.8 cm³/mol. The number of sulfonamides is 1. The van der Waals surface area contributed by atoms with Crippen molar-refractivity contribution in [3.05, 3.63) is 42.5 Å². The van der Waals surface area contributed by atoms with Crippen LogP contribution in [-0.2, 0) is 14.8 Å². The Morgan fingerprint density at radius 3 is 2.55 bits per heavy atom. The SMILES string of the molecule is C=CCC(C)COC(=O)NS(=O)(=O)c1ccc(C)cc1. The fourth-order valence-corrected chi connectivity index (χ4v) is 2.38. The van der Waals surface area contributed by atoms with Crippen LogP contribution in [0.2, 0.25) is 0 Å². The van der Waals surface area contributed by atoms with E-state index in [0.717, 1.165) is 5.56 Å². The summed E-state index contributed by atoms with van der Waals surface area (Å²) in [6.45, 7) is 7.45. The number of benzene rings is 1. The molecule has 1 aromatic carbocycles. The van der Waals surface area contributed by atoms with Gasteiger partial charge in [-0.15, -0.1) is 6.58 Å². The molecule has 1 unspecified atom stereocenters. The van der Waals surface area contributed by atoms with Crippen molar-refractivity contribution in [3.8, 4) is 0 Å². The molecule has 0 aliphatic carbocycles. The smallest absolute Gasteiger partial charge is 0.421 e. The quantitative estimate of drug-likeness (QED) is 0.819. The molecule has 1 N–H and O–H groups in total. The van der Waals surface area contributed by atoms with Gasteiger partial charge in [-0.05, 0) is 31.4 Å². The van der Waals surface area contributed by atoms with Gasteiger partial charge < -0.3 is 4.74 Å². The average molecular weight is 297 g/mol. The molecule has 0 heterocycles. The number of hydrogen-bond acceptors (Lipinski definition) is 4. The normalized spacial score (nSPS) is 12.5. The number of hydrogen-bond donors (Lipinski definition) is 1. The lowest BCUT2D eigenvalue weighted by Crippen LogP contribution is -2.32. The first-order valence-electron chi connectivity index (χ1n) is 6.22. The van der Waals surface area contributed by atoms with Gasteiger partial charge in [-0.3, -0.25) is 0 Å². The first-order chi connectivity index (χ1) is 9.35. The molecular formula is C14H19NO4S. The minimum atomic E-state index is -3.88. The maximum Gasteiger partial charge on any atom is 0.421 e. The third-order valence-electron chi connectivity index (χ3n) is 2.62. The van der Waals surface area contributed by atoms with Gasteiger partial charge in [0.25, 0.3) is 10.0 Å². The van der Waals surface area contributed by atoms with Crippen LogP contribution in [0.25, 0.3) is 0 Å². The molecule has 0 bridgehead atoms. The van der Waals surface area contributed by atoms with Gasteiger partial charge in [0.1, 0.15) is 0 Å². The molecular weight excluding hydrogens is 278 g/mol. The van der Waals surface area contributed by atoms with E-state index in [1.54, 1.807) is 18.2 Å². The summed E-state index contributed by atoms with van der Waals surface area (Å²) >= 11 is 0. The standard InChI is InChI=1S/C14H19NO4S/c1-4-5-12(3)10-19-14(16)15-20(17,18)13-8-6-11(2)7-9-13/h4,6-9,12H,1,5,10H2,2-3H3,(H,15,16). The second-order valence-corrected chi connectivity index (χ2v) is 6.33. The summed E-state index contributed by atoms with van der Waals surface area (Å²) < 4.78 is 30.5. The van der Waals surface area contributed by atoms with E-state index in [4.69, 9.17) is 4.74 Å². The van der Waals surface area contributed by atoms with Crippen LogP contribution in [0.3, 0.4) is 0 Å². The summed E-state index contributed by atoms with van der Waals surface area (Å²) in [5.41, 5.74) is 0.935. The van der Waals surface area contributed by atoms with E-state index >= 15 is 0 Å². The molecule has 0 saturated heterocycles. The van der Waals surface area contributed by atoms with Gasteiger partial charge in [0, 0.05) is 0 Å². The highest BCUT2D eigenvalue weighted by Gasteiger charge is 2.18. The van der Waals surface area contributed by atoms with Crippen LogP contribution in [0.4, 0.5) is 4.79 Å². The van der Waals surface area contributed by atoms with E-state index < -0.39 is 16.1 Å². The van der Waals surface area contributed by atoms with Gasteiger partial charge in [0.15, 0.2) is 0 Å². The summed E-state index contributed by atoms with van der Waals surface area (Å²) in [5, 5.41) is 0. The fraction of sp³-hybridized carbons (Fsp3) is 0.357. The summed E-state index contributed by atoms with van der Waals surface area (Å²) in [4.78, 5) is 11.5. The van der Waals surface area contributed by atoms with E-state index in [0.29, 0.717) is 6.42 Å². The van der Waals surface area contributed by atoms with Gasteiger partial charge in [0.2, 0.25) is 0 Å². The van der Waals surface area contributed by atoms with Crippen molar-refractivity contribution in [2.45, 2.75) is 25.2 Å². The molecule has 20 heavy (non-hydrogen) atoms. The second-order valence-electron chi connectivity index (χ2n) is 4.65. The maximum atomic E-state index is 11.9. The lowest BCUT2D eigenvalue weighted by Gasteiger charge is -2.11. The molecule has 0 aliphatic rings. The first-order valence-corrected chi connectivity index (χ1v) is 7.70. The molecule has 1 aromatic rings. The van der Waals surface area contributed by atoms with Crippen molar-refractivity contribution < 1.29 is 17.9 Å². The zero-order chi connectivity index (χ0) is 15.2. The van der Waals surface area contributed by atoms with Crippen molar-refractivity contribution in [2.75, 3.05) is 6.61 Å². The highest BCUT2D eigenvalue weighted by molar-refractivity contribution is 7.90. The monoisotopic (exact) mass is 297 g/mol. The number of carbonyl (C=O) groups is 1. The number of allylic oxidation sites excluding steroid dienone is 1. The number of nitrogens with one attached hydrogen (secondary N) is 1. The highest BCUT2D eigenvalue weighted by atomic mass is 32.2. The Morgan fingerprint density at radius 1 is 1.40 bits per heavy atom. The number of amides is 1. The Balaban J connectivity index is 2.60. The predicted octanol–water partition coefficient (Wildman–Crippen LogP) is 2.62. The minimum Gasteiger partial charge on any atom is -0.449 e. The number of aryl methyl sites for hydroxylation is 1. The number of carbonyl (C=O) groups excluding carboxylic acids is 1. The zero-order valence-corrected chi connectivity index (χ0v) is 12.4. The van der Waals surface area contributed by atoms with Crippen LogP contribution < -0.4 is 4.72 Å². The molecule has 0 saturated carbocycles. The topological polar surface area (TPSA) is 72.5 Å². The Morgan fingerprint density at radius 2 is 2.00 bits per heavy atom. The van der Waals surface area contributed by atoms with Gasteiger partial charge in [0.05, 0.1) is 11.5 Å². The molecule has 0 spiro atoms. The van der Waals surface area contributed by atoms with E-state index in [9.17, 15) is 13.2 Å². The summed E-state index contributed by atoms with van der Waals surface area (Å²) in [5.74, 6) is 0.0975. The summed E-state index contributed by atoms with van der Waals surface area (Å²) in [7, 11) is -3.88. The molecule has 6 heteroatoms. The van der Waals surface area contributed by atoms with Gasteiger partial charge in [-0.1, -0.05) is 30.7 Å². The Kier molecular flexibility index (Phi) is 5.76. The third-order valence-corrected chi connectivity index (χ3v) is 3.95. The minimum absolute atomic E-state index is 0.0270. The number of rotatable bonds is 6. The van der Waals surface area contributed by atoms with Crippen molar-refractivity contribution in [1.82, 2.24) is 4.72 Å². The van der Waals surface area contributed by atoms with E-state index in [1.807, 2.05) is 18.6 Å². The van der Waals surface area contributed by atoms with Crippen molar-refractivity contribution >= 4 is 16.1 Å². The molecule has 1 rings (SSSR count). The van der Waals surface area contributed by atoms with Gasteiger partial charge in [-0.25, -0.2) is 17.9 Å². The highest BCUT2D eigenvalue weighted by Crippen LogP contribution is 2.10. The third kappa shape index (κ3) is 5.05. The maximum absolute atomic E-state index is 11.9. The second kappa shape index (κ2) is 7.09.